The number of thiophene rings is 1. The van der Waals surface area contributed by atoms with Gasteiger partial charge in [-0.15, -0.1) is 22.7 Å². The molecule has 0 unspecified atom stereocenters. The molecule has 0 aromatic carbocycles. The smallest absolute Gasteiger partial charge is 0.357 e. The van der Waals surface area contributed by atoms with Crippen LogP contribution in [0, 0.1) is 0 Å². The van der Waals surface area contributed by atoms with Crippen LogP contribution in [0.25, 0.3) is 9.88 Å². The van der Waals surface area contributed by atoms with Crippen molar-refractivity contribution >= 4 is 28.6 Å². The van der Waals surface area contributed by atoms with Crippen molar-refractivity contribution < 1.29 is 9.53 Å². The summed E-state index contributed by atoms with van der Waals surface area (Å²) >= 11 is 3.21. The lowest BCUT2D eigenvalue weighted by atomic mass is 9.95. The van der Waals surface area contributed by atoms with Gasteiger partial charge in [-0.1, -0.05) is 20.8 Å². The Labute approximate surface area is 121 Å². The molecule has 0 aliphatic carbocycles. The highest BCUT2D eigenvalue weighted by Gasteiger charge is 2.18. The van der Waals surface area contributed by atoms with Crippen molar-refractivity contribution in [3.63, 3.8) is 0 Å². The Bertz CT molecular complexity index is 578. The Morgan fingerprint density at radius 3 is 2.68 bits per heavy atom. The number of rotatable bonds is 3. The normalized spacial score (nSPS) is 11.6. The predicted octanol–water partition coefficient (Wildman–Crippen LogP) is 4.35. The molecule has 0 saturated carbocycles. The van der Waals surface area contributed by atoms with E-state index in [-0.39, 0.29) is 11.4 Å². The molecule has 102 valence electrons. The van der Waals surface area contributed by atoms with E-state index in [0.29, 0.717) is 12.3 Å². The third-order valence-corrected chi connectivity index (χ3v) is 5.07. The van der Waals surface area contributed by atoms with Gasteiger partial charge < -0.3 is 4.74 Å². The van der Waals surface area contributed by atoms with Crippen molar-refractivity contribution in [1.29, 1.82) is 0 Å². The van der Waals surface area contributed by atoms with Crippen LogP contribution in [0.15, 0.2) is 17.5 Å². The van der Waals surface area contributed by atoms with E-state index in [2.05, 4.69) is 37.9 Å². The second kappa shape index (κ2) is 5.43. The van der Waals surface area contributed by atoms with Crippen molar-refractivity contribution in [2.45, 2.75) is 33.1 Å². The Balaban J connectivity index is 2.23. The number of esters is 1. The minimum absolute atomic E-state index is 0.143. The van der Waals surface area contributed by atoms with Gasteiger partial charge in [0.1, 0.15) is 5.01 Å². The Kier molecular flexibility index (Phi) is 4.06. The Morgan fingerprint density at radius 1 is 1.37 bits per heavy atom. The summed E-state index contributed by atoms with van der Waals surface area (Å²) in [5, 5.41) is 2.63. The predicted molar refractivity (Wildman–Crippen MR) is 80.1 cm³/mol. The zero-order valence-electron chi connectivity index (χ0n) is 11.5. The maximum atomic E-state index is 11.6. The maximum absolute atomic E-state index is 11.6. The average Bonchev–Trinajstić information content (AvgIpc) is 2.97. The van der Waals surface area contributed by atoms with Gasteiger partial charge in [-0.05, 0) is 24.5 Å². The van der Waals surface area contributed by atoms with Crippen LogP contribution in [0.3, 0.4) is 0 Å². The molecule has 19 heavy (non-hydrogen) atoms. The summed E-state index contributed by atoms with van der Waals surface area (Å²) in [6.45, 7) is 8.73. The molecule has 0 N–H and O–H groups in total. The maximum Gasteiger partial charge on any atom is 0.357 e. The largest absolute Gasteiger partial charge is 0.461 e. The highest BCUT2D eigenvalue weighted by Crippen LogP contribution is 2.36. The van der Waals surface area contributed by atoms with Gasteiger partial charge in [0.15, 0.2) is 5.69 Å². The van der Waals surface area contributed by atoms with Gasteiger partial charge in [0.25, 0.3) is 0 Å². The summed E-state index contributed by atoms with van der Waals surface area (Å²) < 4.78 is 4.95. The molecule has 0 atom stereocenters. The van der Waals surface area contributed by atoms with Crippen LogP contribution in [-0.2, 0) is 10.2 Å². The van der Waals surface area contributed by atoms with Gasteiger partial charge in [0.2, 0.25) is 0 Å². The number of carbonyl (C=O) groups is 1. The van der Waals surface area contributed by atoms with Crippen molar-refractivity contribution in [2.75, 3.05) is 6.61 Å². The summed E-state index contributed by atoms with van der Waals surface area (Å²) in [4.78, 5) is 18.3. The molecule has 0 aliphatic heterocycles. The molecule has 0 amide bonds. The summed E-state index contributed by atoms with van der Waals surface area (Å²) in [6, 6.07) is 4.20. The van der Waals surface area contributed by atoms with Crippen molar-refractivity contribution in [2.24, 2.45) is 0 Å². The molecule has 5 heteroatoms. The number of ether oxygens (including phenoxy) is 1. The van der Waals surface area contributed by atoms with E-state index in [0.717, 1.165) is 9.88 Å². The highest BCUT2D eigenvalue weighted by molar-refractivity contribution is 7.21. The number of nitrogens with zero attached hydrogens (tertiary/aromatic N) is 1. The second-order valence-corrected chi connectivity index (χ2v) is 7.11. The molecule has 0 radical (unpaired) electrons. The van der Waals surface area contributed by atoms with Gasteiger partial charge in [0.05, 0.1) is 11.5 Å². The third-order valence-electron chi connectivity index (χ3n) is 2.54. The van der Waals surface area contributed by atoms with Crippen LogP contribution in [0.1, 0.15) is 43.1 Å². The lowest BCUT2D eigenvalue weighted by molar-refractivity contribution is 0.0520. The zero-order valence-corrected chi connectivity index (χ0v) is 13.2. The first-order chi connectivity index (χ1) is 8.91. The minimum Gasteiger partial charge on any atom is -0.461 e. The fraction of sp³-hybridized carbons (Fsp3) is 0.429. The number of thiazole rings is 1. The van der Waals surface area contributed by atoms with Crippen LogP contribution in [-0.4, -0.2) is 17.6 Å². The molecule has 0 aliphatic rings. The van der Waals surface area contributed by atoms with Crippen LogP contribution >= 0.6 is 22.7 Å². The first-order valence-corrected chi connectivity index (χ1v) is 7.84. The minimum atomic E-state index is -0.349. The van der Waals surface area contributed by atoms with Crippen molar-refractivity contribution in [3.05, 3.63) is 28.1 Å². The molecular weight excluding hydrogens is 278 g/mol. The van der Waals surface area contributed by atoms with E-state index in [4.69, 9.17) is 4.74 Å². The molecule has 0 fully saturated rings. The fourth-order valence-electron chi connectivity index (χ4n) is 1.54. The van der Waals surface area contributed by atoms with Crippen molar-refractivity contribution in [1.82, 2.24) is 4.98 Å². The molecule has 2 rings (SSSR count). The monoisotopic (exact) mass is 295 g/mol. The van der Waals surface area contributed by atoms with Crippen LogP contribution in [0.5, 0.6) is 0 Å². The van der Waals surface area contributed by atoms with Gasteiger partial charge >= 0.3 is 5.97 Å². The van der Waals surface area contributed by atoms with E-state index in [1.807, 2.05) is 0 Å². The van der Waals surface area contributed by atoms with Crippen LogP contribution < -0.4 is 0 Å². The van der Waals surface area contributed by atoms with Crippen LogP contribution in [0.4, 0.5) is 0 Å². The molecule has 2 aromatic rings. The molecule has 3 nitrogen and oxygen atoms in total. The first-order valence-electron chi connectivity index (χ1n) is 6.15. The first kappa shape index (κ1) is 14.2. The molecule has 2 aromatic heterocycles. The van der Waals surface area contributed by atoms with E-state index < -0.39 is 0 Å². The van der Waals surface area contributed by atoms with E-state index >= 15 is 0 Å². The highest BCUT2D eigenvalue weighted by atomic mass is 32.1. The molecule has 0 saturated heterocycles. The number of hydrogen-bond acceptors (Lipinski definition) is 5. The SMILES string of the molecule is CCOC(=O)c1csc(-c2ccc(C(C)(C)C)s2)n1. The summed E-state index contributed by atoms with van der Waals surface area (Å²) in [6.07, 6.45) is 0. The topological polar surface area (TPSA) is 39.2 Å². The molecule has 0 spiro atoms. The van der Waals surface area contributed by atoms with E-state index in [1.54, 1.807) is 23.6 Å². The summed E-state index contributed by atoms with van der Waals surface area (Å²) in [5.74, 6) is -0.349. The molecule has 2 heterocycles. The Hall–Kier alpha value is -1.20. The molecule has 0 bridgehead atoms. The lowest BCUT2D eigenvalue weighted by Crippen LogP contribution is -2.07. The Morgan fingerprint density at radius 2 is 2.11 bits per heavy atom. The fourth-order valence-corrected chi connectivity index (χ4v) is 3.47. The summed E-state index contributed by atoms with van der Waals surface area (Å²) in [5.41, 5.74) is 0.539. The zero-order chi connectivity index (χ0) is 14.0. The van der Waals surface area contributed by atoms with E-state index in [1.165, 1.54) is 16.2 Å². The lowest BCUT2D eigenvalue weighted by Gasteiger charge is -2.15. The average molecular weight is 295 g/mol. The van der Waals surface area contributed by atoms with Gasteiger partial charge in [0, 0.05) is 10.3 Å². The number of aromatic nitrogens is 1. The van der Waals surface area contributed by atoms with Crippen LogP contribution in [0.2, 0.25) is 0 Å². The van der Waals surface area contributed by atoms with E-state index in [9.17, 15) is 4.79 Å². The second-order valence-electron chi connectivity index (χ2n) is 5.17. The van der Waals surface area contributed by atoms with Gasteiger partial charge in [-0.25, -0.2) is 9.78 Å². The molecular formula is C14H17NO2S2. The van der Waals surface area contributed by atoms with Crippen molar-refractivity contribution in [3.8, 4) is 9.88 Å². The number of hydrogen-bond donors (Lipinski definition) is 0. The quantitative estimate of drug-likeness (QED) is 0.790. The third kappa shape index (κ3) is 3.22. The van der Waals surface area contributed by atoms with Gasteiger partial charge in [-0.2, -0.15) is 0 Å². The standard InChI is InChI=1S/C14H17NO2S2/c1-5-17-13(16)9-8-18-12(15-9)10-6-7-11(19-10)14(2,3)4/h6-8H,5H2,1-4H3. The summed E-state index contributed by atoms with van der Waals surface area (Å²) in [7, 11) is 0. The van der Waals surface area contributed by atoms with Gasteiger partial charge in [-0.3, -0.25) is 0 Å². The number of carbonyl (C=O) groups excluding carboxylic acids is 1.